The fourth-order valence-electron chi connectivity index (χ4n) is 5.55. The summed E-state index contributed by atoms with van der Waals surface area (Å²) in [7, 11) is 0. The van der Waals surface area contributed by atoms with E-state index in [9.17, 15) is 19.5 Å². The van der Waals surface area contributed by atoms with Crippen LogP contribution in [0, 0.1) is 6.92 Å². The number of carboxylic acids is 2. The number of unbranched alkanes of at least 4 members (excludes halogenated alkanes) is 3. The van der Waals surface area contributed by atoms with Gasteiger partial charge in [-0.05, 0) is 91.1 Å². The minimum Gasteiger partial charge on any atom is -0.494 e. The number of carboxylic acid groups (broad SMARTS) is 2. The Balaban J connectivity index is 1.31. The molecule has 0 atom stereocenters. The van der Waals surface area contributed by atoms with Crippen LogP contribution in [0.15, 0.2) is 91.0 Å². The van der Waals surface area contributed by atoms with Crippen molar-refractivity contribution in [3.8, 4) is 22.6 Å². The maximum atomic E-state index is 13.2. The van der Waals surface area contributed by atoms with Crippen LogP contribution in [0.3, 0.4) is 0 Å². The van der Waals surface area contributed by atoms with Gasteiger partial charge in [-0.25, -0.2) is 0 Å². The molecule has 0 aromatic heterocycles. The van der Waals surface area contributed by atoms with E-state index in [0.717, 1.165) is 65.5 Å². The average molecular weight is 652 g/mol. The lowest BCUT2D eigenvalue weighted by molar-refractivity contribution is -0.138. The van der Waals surface area contributed by atoms with Gasteiger partial charge in [-0.2, -0.15) is 0 Å². The van der Waals surface area contributed by atoms with Crippen LogP contribution in [0.1, 0.15) is 77.6 Å². The molecule has 0 unspecified atom stereocenters. The van der Waals surface area contributed by atoms with Crippen molar-refractivity contribution in [2.75, 3.05) is 13.2 Å². The van der Waals surface area contributed by atoms with Gasteiger partial charge in [-0.1, -0.05) is 85.1 Å². The molecule has 0 fully saturated rings. The summed E-state index contributed by atoms with van der Waals surface area (Å²) in [4.78, 5) is 35.3. The van der Waals surface area contributed by atoms with Crippen molar-refractivity contribution in [2.45, 2.75) is 71.3 Å². The molecular formula is C40H45NO7. The van der Waals surface area contributed by atoms with Gasteiger partial charge in [0.1, 0.15) is 11.5 Å². The molecule has 0 radical (unpaired) electrons. The minimum absolute atomic E-state index is 0.00131. The highest BCUT2D eigenvalue weighted by atomic mass is 16.5. The zero-order chi connectivity index (χ0) is 34.1. The van der Waals surface area contributed by atoms with E-state index in [2.05, 4.69) is 11.4 Å². The van der Waals surface area contributed by atoms with E-state index in [1.165, 1.54) is 0 Å². The molecule has 0 aliphatic carbocycles. The van der Waals surface area contributed by atoms with E-state index < -0.39 is 11.9 Å². The number of aryl methyl sites for hydroxylation is 2. The quantitative estimate of drug-likeness (QED) is 0.0827. The monoisotopic (exact) mass is 651 g/mol. The normalized spacial score (nSPS) is 10.8. The van der Waals surface area contributed by atoms with Crippen molar-refractivity contribution in [3.63, 3.8) is 0 Å². The molecule has 0 bridgehead atoms. The Morgan fingerprint density at radius 1 is 0.667 bits per heavy atom. The molecule has 252 valence electrons. The Kier molecular flexibility index (Phi) is 14.1. The number of carbonyl (C=O) groups is 3. The highest BCUT2D eigenvalue weighted by molar-refractivity contribution is 5.96. The van der Waals surface area contributed by atoms with Gasteiger partial charge < -0.3 is 25.0 Å². The van der Waals surface area contributed by atoms with Gasteiger partial charge in [-0.3, -0.25) is 14.4 Å². The van der Waals surface area contributed by atoms with E-state index in [4.69, 9.17) is 14.6 Å². The number of rotatable bonds is 20. The summed E-state index contributed by atoms with van der Waals surface area (Å²) in [5.41, 5.74) is 6.61. The molecule has 1 amide bonds. The highest BCUT2D eigenvalue weighted by Gasteiger charge is 2.13. The third-order valence-electron chi connectivity index (χ3n) is 8.04. The SMILES string of the molecule is Cc1cccc(-c2cc(OCCCCCCc3cccc(OCCCC(=O)O)c3CCC(=O)O)cc(C(=O)NCc3ccccc3)c2)c1. The van der Waals surface area contributed by atoms with Crippen molar-refractivity contribution in [3.05, 3.63) is 119 Å². The van der Waals surface area contributed by atoms with Crippen molar-refractivity contribution in [1.82, 2.24) is 5.32 Å². The molecule has 4 aromatic rings. The van der Waals surface area contributed by atoms with Gasteiger partial charge in [0, 0.05) is 24.9 Å². The number of ether oxygens (including phenoxy) is 2. The summed E-state index contributed by atoms with van der Waals surface area (Å²) in [6, 6.07) is 29.4. The van der Waals surface area contributed by atoms with Gasteiger partial charge in [0.2, 0.25) is 0 Å². The minimum atomic E-state index is -0.869. The maximum Gasteiger partial charge on any atom is 0.303 e. The maximum absolute atomic E-state index is 13.2. The lowest BCUT2D eigenvalue weighted by atomic mass is 9.97. The molecule has 0 saturated heterocycles. The number of carbonyl (C=O) groups excluding carboxylic acids is 1. The Morgan fingerprint density at radius 3 is 2.19 bits per heavy atom. The van der Waals surface area contributed by atoms with Gasteiger partial charge >= 0.3 is 11.9 Å². The Bertz CT molecular complexity index is 1650. The number of hydrogen-bond acceptors (Lipinski definition) is 5. The van der Waals surface area contributed by atoms with Crippen LogP contribution in [0.5, 0.6) is 11.5 Å². The lowest BCUT2D eigenvalue weighted by Gasteiger charge is -2.15. The summed E-state index contributed by atoms with van der Waals surface area (Å²) in [6.45, 7) is 3.27. The first-order valence-corrected chi connectivity index (χ1v) is 16.6. The molecule has 3 N–H and O–H groups in total. The molecule has 0 saturated carbocycles. The van der Waals surface area contributed by atoms with Crippen LogP contribution in [-0.2, 0) is 29.0 Å². The number of amides is 1. The van der Waals surface area contributed by atoms with E-state index in [1.807, 2.05) is 85.8 Å². The number of hydrogen-bond donors (Lipinski definition) is 3. The predicted octanol–water partition coefficient (Wildman–Crippen LogP) is 8.03. The second kappa shape index (κ2) is 18.9. The number of benzene rings is 4. The van der Waals surface area contributed by atoms with E-state index in [1.54, 1.807) is 6.07 Å². The molecule has 4 aromatic carbocycles. The first kappa shape index (κ1) is 35.7. The van der Waals surface area contributed by atoms with Crippen LogP contribution in [-0.4, -0.2) is 41.3 Å². The fraction of sp³-hybridized carbons (Fsp3) is 0.325. The highest BCUT2D eigenvalue weighted by Crippen LogP contribution is 2.28. The topological polar surface area (TPSA) is 122 Å². The molecule has 0 aliphatic heterocycles. The smallest absolute Gasteiger partial charge is 0.303 e. The van der Waals surface area contributed by atoms with Crippen LogP contribution in [0.4, 0.5) is 0 Å². The molecule has 4 rings (SSSR count). The summed E-state index contributed by atoms with van der Waals surface area (Å²) < 4.78 is 12.0. The summed E-state index contributed by atoms with van der Waals surface area (Å²) >= 11 is 0. The van der Waals surface area contributed by atoms with Crippen molar-refractivity contribution >= 4 is 17.8 Å². The second-order valence-corrected chi connectivity index (χ2v) is 11.9. The van der Waals surface area contributed by atoms with Crippen molar-refractivity contribution < 1.29 is 34.1 Å². The van der Waals surface area contributed by atoms with E-state index >= 15 is 0 Å². The van der Waals surface area contributed by atoms with Crippen LogP contribution in [0.2, 0.25) is 0 Å². The van der Waals surface area contributed by atoms with Crippen molar-refractivity contribution in [2.24, 2.45) is 0 Å². The largest absolute Gasteiger partial charge is 0.494 e. The Hall–Kier alpha value is -5.11. The van der Waals surface area contributed by atoms with Gasteiger partial charge in [0.15, 0.2) is 0 Å². The third-order valence-corrected chi connectivity index (χ3v) is 8.04. The Labute approximate surface area is 282 Å². The van der Waals surface area contributed by atoms with E-state index in [0.29, 0.717) is 43.1 Å². The Morgan fingerprint density at radius 2 is 1.42 bits per heavy atom. The lowest BCUT2D eigenvalue weighted by Crippen LogP contribution is -2.22. The third kappa shape index (κ3) is 11.9. The van der Waals surface area contributed by atoms with Crippen LogP contribution in [0.25, 0.3) is 11.1 Å². The van der Waals surface area contributed by atoms with E-state index in [-0.39, 0.29) is 25.4 Å². The number of aliphatic carboxylic acids is 2. The molecule has 0 spiro atoms. The number of nitrogens with one attached hydrogen (secondary N) is 1. The van der Waals surface area contributed by atoms with Crippen LogP contribution >= 0.6 is 0 Å². The fourth-order valence-corrected chi connectivity index (χ4v) is 5.55. The molecule has 0 heterocycles. The van der Waals surface area contributed by atoms with Gasteiger partial charge in [-0.15, -0.1) is 0 Å². The predicted molar refractivity (Wildman–Crippen MR) is 187 cm³/mol. The van der Waals surface area contributed by atoms with Crippen LogP contribution < -0.4 is 14.8 Å². The summed E-state index contributed by atoms with van der Waals surface area (Å²) in [5.74, 6) is -0.608. The zero-order valence-corrected chi connectivity index (χ0v) is 27.6. The zero-order valence-electron chi connectivity index (χ0n) is 27.6. The summed E-state index contributed by atoms with van der Waals surface area (Å²) in [6.07, 6.45) is 5.28. The first-order valence-electron chi connectivity index (χ1n) is 16.6. The molecule has 8 nitrogen and oxygen atoms in total. The summed E-state index contributed by atoms with van der Waals surface area (Å²) in [5, 5.41) is 21.2. The van der Waals surface area contributed by atoms with Gasteiger partial charge in [0.05, 0.1) is 13.2 Å². The van der Waals surface area contributed by atoms with Crippen molar-refractivity contribution in [1.29, 1.82) is 0 Å². The molecule has 48 heavy (non-hydrogen) atoms. The molecule has 0 aliphatic rings. The molecular weight excluding hydrogens is 606 g/mol. The molecule has 8 heteroatoms. The van der Waals surface area contributed by atoms with Gasteiger partial charge in [0.25, 0.3) is 5.91 Å². The second-order valence-electron chi connectivity index (χ2n) is 11.9. The standard InChI is InChI=1S/C40H45NO7/c1-29-12-9-17-32(24-29)33-25-34(40(46)41-28-30-13-5-4-6-14-30)27-35(26-33)47-22-8-3-2-7-15-31-16-10-18-37(36(31)20-21-39(44)45)48-23-11-19-38(42)43/h4-6,9-10,12-14,16-18,24-27H,2-3,7-8,11,15,19-23,28H2,1H3,(H,41,46)(H,42,43)(H,44,45). The first-order chi connectivity index (χ1) is 23.3. The average Bonchev–Trinajstić information content (AvgIpc) is 3.08.